The van der Waals surface area contributed by atoms with Crippen molar-refractivity contribution in [2.45, 2.75) is 39.0 Å². The number of benzene rings is 2. The number of oxime groups is 1. The number of aliphatic hydroxyl groups excluding tert-OH is 1. The smallest absolute Gasteiger partial charge is 0.145 e. The molecule has 1 N–H and O–H groups in total. The molecule has 2 atom stereocenters. The molecule has 2 aromatic carbocycles. The summed E-state index contributed by atoms with van der Waals surface area (Å²) in [4.78, 5) is 7.94. The average molecular weight is 427 g/mol. The molecule has 2 aromatic rings. The van der Waals surface area contributed by atoms with Crippen LogP contribution in [-0.2, 0) is 16.1 Å². The Morgan fingerprint density at radius 1 is 1.13 bits per heavy atom. The molecule has 1 aliphatic heterocycles. The van der Waals surface area contributed by atoms with Crippen molar-refractivity contribution >= 4 is 5.71 Å². The SMILES string of the molecule is COc1cccc(CN(C[C@@H](O)COCC(C)C)C[C@H]2CC(c3ccccc3)=NO2)c1. The Hall–Kier alpha value is -2.41. The summed E-state index contributed by atoms with van der Waals surface area (Å²) in [6, 6.07) is 18.1. The number of nitrogens with zero attached hydrogens (tertiary/aromatic N) is 2. The number of aliphatic hydroxyl groups is 1. The molecule has 6 nitrogen and oxygen atoms in total. The van der Waals surface area contributed by atoms with Crippen LogP contribution in [-0.4, -0.2) is 61.3 Å². The van der Waals surface area contributed by atoms with E-state index in [9.17, 15) is 5.11 Å². The number of hydrogen-bond acceptors (Lipinski definition) is 6. The minimum absolute atomic E-state index is 0.0513. The summed E-state index contributed by atoms with van der Waals surface area (Å²) in [7, 11) is 1.67. The van der Waals surface area contributed by atoms with Crippen molar-refractivity contribution in [3.8, 4) is 5.75 Å². The predicted octanol–water partition coefficient (Wildman–Crippen LogP) is 3.72. The number of ether oxygens (including phenoxy) is 2. The third-order valence-corrected chi connectivity index (χ3v) is 5.07. The van der Waals surface area contributed by atoms with Gasteiger partial charge in [0.1, 0.15) is 11.9 Å². The van der Waals surface area contributed by atoms with Gasteiger partial charge in [0.15, 0.2) is 0 Å². The van der Waals surface area contributed by atoms with Gasteiger partial charge >= 0.3 is 0 Å². The Bertz CT molecular complexity index is 825. The van der Waals surface area contributed by atoms with Crippen molar-refractivity contribution in [3.63, 3.8) is 0 Å². The molecule has 168 valence electrons. The van der Waals surface area contributed by atoms with E-state index in [-0.39, 0.29) is 6.10 Å². The minimum Gasteiger partial charge on any atom is -0.497 e. The quantitative estimate of drug-likeness (QED) is 0.560. The van der Waals surface area contributed by atoms with Gasteiger partial charge in [-0.15, -0.1) is 0 Å². The first-order valence-corrected chi connectivity index (χ1v) is 10.9. The molecule has 0 amide bonds. The lowest BCUT2D eigenvalue weighted by Gasteiger charge is -2.27. The third-order valence-electron chi connectivity index (χ3n) is 5.07. The lowest BCUT2D eigenvalue weighted by molar-refractivity contribution is -0.00735. The standard InChI is InChI=1S/C25H34N2O4/c1-19(2)17-30-18-22(28)15-27(14-20-8-7-11-23(12-20)29-3)16-24-13-25(26-31-24)21-9-5-4-6-10-21/h4-12,19,22,24,28H,13-18H2,1-3H3/t22-,24-/m1/s1. The fraction of sp³-hybridized carbons (Fsp3) is 0.480. The van der Waals surface area contributed by atoms with E-state index in [2.05, 4.69) is 42.1 Å². The van der Waals surface area contributed by atoms with E-state index < -0.39 is 6.10 Å². The maximum Gasteiger partial charge on any atom is 0.145 e. The molecule has 31 heavy (non-hydrogen) atoms. The molecule has 1 heterocycles. The van der Waals surface area contributed by atoms with Crippen molar-refractivity contribution < 1.29 is 19.4 Å². The Morgan fingerprint density at radius 2 is 1.94 bits per heavy atom. The molecule has 0 unspecified atom stereocenters. The van der Waals surface area contributed by atoms with Crippen LogP contribution in [0.4, 0.5) is 0 Å². The van der Waals surface area contributed by atoms with Gasteiger partial charge in [-0.2, -0.15) is 0 Å². The average Bonchev–Trinajstić information content (AvgIpc) is 3.22. The number of methoxy groups -OCH3 is 1. The van der Waals surface area contributed by atoms with Crippen molar-refractivity contribution in [2.75, 3.05) is 33.4 Å². The largest absolute Gasteiger partial charge is 0.497 e. The van der Waals surface area contributed by atoms with Gasteiger partial charge in [0.2, 0.25) is 0 Å². The van der Waals surface area contributed by atoms with Gasteiger partial charge < -0.3 is 19.4 Å². The Morgan fingerprint density at radius 3 is 2.68 bits per heavy atom. The zero-order valence-corrected chi connectivity index (χ0v) is 18.7. The van der Waals surface area contributed by atoms with E-state index >= 15 is 0 Å². The van der Waals surface area contributed by atoms with Crippen LogP contribution in [0, 0.1) is 5.92 Å². The second kappa shape index (κ2) is 11.8. The van der Waals surface area contributed by atoms with Crippen LogP contribution >= 0.6 is 0 Å². The van der Waals surface area contributed by atoms with E-state index in [0.717, 1.165) is 29.0 Å². The fourth-order valence-electron chi connectivity index (χ4n) is 3.64. The van der Waals surface area contributed by atoms with Crippen LogP contribution in [0.3, 0.4) is 0 Å². The minimum atomic E-state index is -0.569. The van der Waals surface area contributed by atoms with Crippen molar-refractivity contribution in [1.82, 2.24) is 4.90 Å². The van der Waals surface area contributed by atoms with E-state index in [1.807, 2.05) is 36.4 Å². The first kappa shape index (κ1) is 23.3. The lowest BCUT2D eigenvalue weighted by atomic mass is 10.0. The molecule has 0 aromatic heterocycles. The van der Waals surface area contributed by atoms with E-state index in [1.165, 1.54) is 0 Å². The molecule has 0 radical (unpaired) electrons. The maximum atomic E-state index is 10.6. The van der Waals surface area contributed by atoms with E-state index in [0.29, 0.717) is 38.8 Å². The predicted molar refractivity (Wildman–Crippen MR) is 122 cm³/mol. The molecular weight excluding hydrogens is 392 g/mol. The summed E-state index contributed by atoms with van der Waals surface area (Å²) in [6.45, 7) is 7.01. The highest BCUT2D eigenvalue weighted by atomic mass is 16.6. The molecule has 0 bridgehead atoms. The van der Waals surface area contributed by atoms with Crippen molar-refractivity contribution in [3.05, 3.63) is 65.7 Å². The van der Waals surface area contributed by atoms with Crippen LogP contribution < -0.4 is 4.74 Å². The summed E-state index contributed by atoms with van der Waals surface area (Å²) < 4.78 is 11.0. The summed E-state index contributed by atoms with van der Waals surface area (Å²) in [5.74, 6) is 1.27. The second-order valence-electron chi connectivity index (χ2n) is 8.47. The lowest BCUT2D eigenvalue weighted by Crippen LogP contribution is -2.39. The van der Waals surface area contributed by atoms with Crippen molar-refractivity contribution in [1.29, 1.82) is 0 Å². The van der Waals surface area contributed by atoms with Crippen LogP contribution in [0.25, 0.3) is 0 Å². The van der Waals surface area contributed by atoms with Gasteiger partial charge in [-0.3, -0.25) is 4.90 Å². The topological polar surface area (TPSA) is 63.5 Å². The first-order valence-electron chi connectivity index (χ1n) is 10.9. The summed E-state index contributed by atoms with van der Waals surface area (Å²) in [5, 5.41) is 14.9. The Balaban J connectivity index is 1.61. The molecule has 6 heteroatoms. The third kappa shape index (κ3) is 7.65. The Kier molecular flexibility index (Phi) is 8.88. The molecule has 1 aliphatic rings. The molecular formula is C25H34N2O4. The van der Waals surface area contributed by atoms with Gasteiger partial charge in [0, 0.05) is 32.7 Å². The molecule has 0 saturated heterocycles. The van der Waals surface area contributed by atoms with Gasteiger partial charge in [-0.1, -0.05) is 61.5 Å². The van der Waals surface area contributed by atoms with Crippen LogP contribution in [0.5, 0.6) is 5.75 Å². The van der Waals surface area contributed by atoms with Crippen molar-refractivity contribution in [2.24, 2.45) is 11.1 Å². The highest BCUT2D eigenvalue weighted by Gasteiger charge is 2.25. The highest BCUT2D eigenvalue weighted by molar-refractivity contribution is 6.01. The summed E-state index contributed by atoms with van der Waals surface area (Å²) in [6.07, 6.45) is 0.128. The molecule has 0 fully saturated rings. The van der Waals surface area contributed by atoms with Gasteiger partial charge in [0.05, 0.1) is 25.5 Å². The van der Waals surface area contributed by atoms with Crippen LogP contribution in [0.2, 0.25) is 0 Å². The number of rotatable bonds is 12. The highest BCUT2D eigenvalue weighted by Crippen LogP contribution is 2.20. The summed E-state index contributed by atoms with van der Waals surface area (Å²) >= 11 is 0. The van der Waals surface area contributed by atoms with Crippen LogP contribution in [0.1, 0.15) is 31.4 Å². The first-order chi connectivity index (χ1) is 15.0. The van der Waals surface area contributed by atoms with Gasteiger partial charge in [-0.05, 0) is 29.2 Å². The van der Waals surface area contributed by atoms with E-state index in [4.69, 9.17) is 14.3 Å². The zero-order chi connectivity index (χ0) is 22.1. The zero-order valence-electron chi connectivity index (χ0n) is 18.7. The maximum absolute atomic E-state index is 10.6. The van der Waals surface area contributed by atoms with E-state index in [1.54, 1.807) is 7.11 Å². The molecule has 0 aliphatic carbocycles. The monoisotopic (exact) mass is 426 g/mol. The summed E-state index contributed by atoms with van der Waals surface area (Å²) in [5.41, 5.74) is 3.18. The second-order valence-corrected chi connectivity index (χ2v) is 8.47. The van der Waals surface area contributed by atoms with Gasteiger partial charge in [0.25, 0.3) is 0 Å². The normalized spacial score (nSPS) is 17.0. The Labute approximate surface area is 185 Å². The molecule has 0 spiro atoms. The fourth-order valence-corrected chi connectivity index (χ4v) is 3.64. The van der Waals surface area contributed by atoms with Crippen LogP contribution in [0.15, 0.2) is 59.8 Å². The van der Waals surface area contributed by atoms with Gasteiger partial charge in [-0.25, -0.2) is 0 Å². The molecule has 3 rings (SSSR count). The molecule has 0 saturated carbocycles. The number of hydrogen-bond donors (Lipinski definition) is 1.